The maximum atomic E-state index is 13.1. The van der Waals surface area contributed by atoms with Gasteiger partial charge in [-0.15, -0.1) is 0 Å². The average Bonchev–Trinajstić information content (AvgIpc) is 0.940. The van der Waals surface area contributed by atoms with Crippen molar-refractivity contribution in [3.8, 4) is 0 Å². The Bertz CT molecular complexity index is 2550. The van der Waals surface area contributed by atoms with Gasteiger partial charge >= 0.3 is 39.5 Å². The summed E-state index contributed by atoms with van der Waals surface area (Å²) >= 11 is 0. The number of aliphatic hydroxyl groups is 1. The fourth-order valence-corrected chi connectivity index (χ4v) is 11.2. The van der Waals surface area contributed by atoms with Crippen molar-refractivity contribution in [2.45, 2.75) is 303 Å². The molecule has 0 aromatic carbocycles. The summed E-state index contributed by atoms with van der Waals surface area (Å²) in [6.45, 7) is 4.40. The highest BCUT2D eigenvalue weighted by Crippen LogP contribution is 2.45. The number of hydrogen-bond acceptors (Lipinski definition) is 15. The molecular weight excluding hydrogens is 1330 g/mol. The summed E-state index contributed by atoms with van der Waals surface area (Å²) in [5, 5.41) is 10.6. The first-order valence-electron chi connectivity index (χ1n) is 38.7. The molecule has 19 heteroatoms. The average molecular weight is 1470 g/mol. The number of carbonyl (C=O) groups excluding carboxylic acids is 4. The van der Waals surface area contributed by atoms with E-state index in [9.17, 15) is 43.2 Å². The molecule has 0 aromatic heterocycles. The number of esters is 4. The minimum Gasteiger partial charge on any atom is -0.462 e. The lowest BCUT2D eigenvalue weighted by Crippen LogP contribution is -2.30. The van der Waals surface area contributed by atoms with Crippen LogP contribution in [0.1, 0.15) is 285 Å². The second-order valence-corrected chi connectivity index (χ2v) is 28.1. The van der Waals surface area contributed by atoms with Gasteiger partial charge in [0.25, 0.3) is 0 Å². The number of phosphoric acid groups is 2. The summed E-state index contributed by atoms with van der Waals surface area (Å²) in [7, 11) is -9.99. The standard InChI is InChI=1S/C83H136O17P2/c1-5-9-13-17-21-25-29-32-34-36-38-40-42-45-49-52-56-60-64-68-81(86)94-74-79(100-83(88)70-66-62-58-54-50-46-43-41-39-37-35-33-30-26-22-18-14-10-6-2)76-98-102(91,92)96-72-77(84)71-95-101(89,90)97-75-78(99-82(87)69-65-61-57-53-47-28-24-20-16-12-8-4)73-93-80(85)67-63-59-55-51-48-44-31-27-23-19-15-11-7-3/h9-10,13-15,19-22,24-27,31-35,38-41,45,49,56,60,77-79,84H,5-8,11-12,16-18,23,28-30,36-37,42-44,46-48,50-55,57-59,61-76H2,1-4H3,(H,89,90)(H,91,92)/b13-9-,14-10-,19-15-,24-20-,25-21-,26-22-,31-27-,34-32-,35-33-,40-38-,41-39-,49-45-,60-56-. The summed E-state index contributed by atoms with van der Waals surface area (Å²) in [6, 6.07) is 0. The third-order valence-electron chi connectivity index (χ3n) is 15.5. The number of hydrogen-bond donors (Lipinski definition) is 3. The molecular formula is C83H136O17P2. The van der Waals surface area contributed by atoms with E-state index in [1.165, 1.54) is 12.8 Å². The largest absolute Gasteiger partial charge is 0.472 e. The van der Waals surface area contributed by atoms with E-state index in [1.807, 2.05) is 18.2 Å². The fourth-order valence-electron chi connectivity index (χ4n) is 9.61. The number of aliphatic hydroxyl groups excluding tert-OH is 1. The van der Waals surface area contributed by atoms with Crippen molar-refractivity contribution in [1.82, 2.24) is 0 Å². The van der Waals surface area contributed by atoms with Crippen molar-refractivity contribution in [2.75, 3.05) is 39.6 Å². The predicted octanol–water partition coefficient (Wildman–Crippen LogP) is 22.4. The van der Waals surface area contributed by atoms with E-state index in [1.54, 1.807) is 0 Å². The number of carbonyl (C=O) groups is 4. The first-order chi connectivity index (χ1) is 49.7. The van der Waals surface area contributed by atoms with Gasteiger partial charge in [0.2, 0.25) is 0 Å². The molecule has 3 N–H and O–H groups in total. The zero-order chi connectivity index (χ0) is 74.6. The summed E-state index contributed by atoms with van der Waals surface area (Å²) in [4.78, 5) is 72.8. The van der Waals surface area contributed by atoms with Crippen LogP contribution in [0.5, 0.6) is 0 Å². The number of unbranched alkanes of at least 4 members (excludes halogenated alkanes) is 19. The van der Waals surface area contributed by atoms with Crippen LogP contribution < -0.4 is 0 Å². The first-order valence-corrected chi connectivity index (χ1v) is 41.7. The number of phosphoric ester groups is 2. The molecule has 0 aliphatic heterocycles. The highest BCUT2D eigenvalue weighted by Gasteiger charge is 2.30. The smallest absolute Gasteiger partial charge is 0.462 e. The topological polar surface area (TPSA) is 237 Å². The Kier molecular flexibility index (Phi) is 70.1. The Labute approximate surface area is 617 Å². The van der Waals surface area contributed by atoms with Crippen LogP contribution in [0, 0.1) is 0 Å². The van der Waals surface area contributed by atoms with E-state index in [4.69, 9.17) is 37.0 Å². The van der Waals surface area contributed by atoms with Crippen LogP contribution in [0.15, 0.2) is 158 Å². The van der Waals surface area contributed by atoms with Gasteiger partial charge in [-0.3, -0.25) is 37.3 Å². The van der Waals surface area contributed by atoms with E-state index in [0.29, 0.717) is 32.1 Å². The molecule has 0 saturated heterocycles. The number of ether oxygens (including phenoxy) is 4. The Morgan fingerprint density at radius 1 is 0.284 bits per heavy atom. The molecule has 0 bridgehead atoms. The quantitative estimate of drug-likeness (QED) is 0.0169. The molecule has 0 spiro atoms. The number of allylic oxidation sites excluding steroid dienone is 26. The van der Waals surface area contributed by atoms with Crippen LogP contribution in [0.3, 0.4) is 0 Å². The van der Waals surface area contributed by atoms with Crippen LogP contribution in [-0.2, 0) is 65.4 Å². The molecule has 0 fully saturated rings. The molecule has 0 amide bonds. The van der Waals surface area contributed by atoms with Crippen molar-refractivity contribution in [3.63, 3.8) is 0 Å². The minimum absolute atomic E-state index is 0.0273. The van der Waals surface area contributed by atoms with E-state index >= 15 is 0 Å². The van der Waals surface area contributed by atoms with Crippen molar-refractivity contribution in [3.05, 3.63) is 158 Å². The predicted molar refractivity (Wildman–Crippen MR) is 417 cm³/mol. The van der Waals surface area contributed by atoms with Gasteiger partial charge in [-0.05, 0) is 148 Å². The van der Waals surface area contributed by atoms with Crippen molar-refractivity contribution >= 4 is 39.5 Å². The van der Waals surface area contributed by atoms with E-state index in [2.05, 4.69) is 167 Å². The lowest BCUT2D eigenvalue weighted by molar-refractivity contribution is -0.161. The molecule has 0 saturated carbocycles. The molecule has 0 rings (SSSR count). The highest BCUT2D eigenvalue weighted by molar-refractivity contribution is 7.47. The van der Waals surface area contributed by atoms with Crippen LogP contribution >= 0.6 is 15.6 Å². The van der Waals surface area contributed by atoms with Gasteiger partial charge in [0.1, 0.15) is 19.3 Å². The van der Waals surface area contributed by atoms with Crippen LogP contribution in [0.4, 0.5) is 0 Å². The van der Waals surface area contributed by atoms with E-state index < -0.39 is 97.5 Å². The second kappa shape index (κ2) is 74.0. The van der Waals surface area contributed by atoms with Gasteiger partial charge in [0.15, 0.2) is 12.2 Å². The molecule has 5 unspecified atom stereocenters. The highest BCUT2D eigenvalue weighted by atomic mass is 31.2. The van der Waals surface area contributed by atoms with Gasteiger partial charge in [-0.1, -0.05) is 269 Å². The maximum absolute atomic E-state index is 13.1. The number of rotatable bonds is 71. The molecule has 102 heavy (non-hydrogen) atoms. The summed E-state index contributed by atoms with van der Waals surface area (Å²) in [6.07, 6.45) is 85.4. The van der Waals surface area contributed by atoms with Crippen molar-refractivity contribution < 1.29 is 80.2 Å². The van der Waals surface area contributed by atoms with Gasteiger partial charge in [0.05, 0.1) is 26.4 Å². The molecule has 0 radical (unpaired) electrons. The van der Waals surface area contributed by atoms with Crippen LogP contribution in [0.2, 0.25) is 0 Å². The molecule has 0 aliphatic rings. The zero-order valence-electron chi connectivity index (χ0n) is 63.2. The van der Waals surface area contributed by atoms with Crippen molar-refractivity contribution in [2.24, 2.45) is 0 Å². The minimum atomic E-state index is -5.00. The molecule has 0 heterocycles. The van der Waals surface area contributed by atoms with Crippen LogP contribution in [-0.4, -0.2) is 96.7 Å². The van der Waals surface area contributed by atoms with Crippen molar-refractivity contribution in [1.29, 1.82) is 0 Å². The Morgan fingerprint density at radius 2 is 0.549 bits per heavy atom. The third-order valence-corrected chi connectivity index (χ3v) is 17.4. The third kappa shape index (κ3) is 73.0. The summed E-state index contributed by atoms with van der Waals surface area (Å²) < 4.78 is 68.4. The van der Waals surface area contributed by atoms with Gasteiger partial charge in [-0.2, -0.15) is 0 Å². The lowest BCUT2D eigenvalue weighted by Gasteiger charge is -2.21. The summed E-state index contributed by atoms with van der Waals surface area (Å²) in [5.41, 5.74) is 0. The lowest BCUT2D eigenvalue weighted by atomic mass is 10.1. The van der Waals surface area contributed by atoms with Gasteiger partial charge < -0.3 is 33.8 Å². The Morgan fingerprint density at radius 3 is 0.892 bits per heavy atom. The zero-order valence-corrected chi connectivity index (χ0v) is 65.0. The van der Waals surface area contributed by atoms with Crippen LogP contribution in [0.25, 0.3) is 0 Å². The first kappa shape index (κ1) is 96.7. The maximum Gasteiger partial charge on any atom is 0.472 e. The SMILES string of the molecule is CC/C=C\C/C=C\C/C=C\C/C=C\C/C=C\C/C=C\CCC(=O)OCC(COP(=O)(O)OCC(O)COP(=O)(O)OCC(COC(=O)CCCCCCC/C=C\C/C=C\CCC)OC(=O)CCCCCCC/C=C\CCCC)OC(=O)CCCCCCCC/C=C\C/C=C\C/C=C\C/C=C\CC. The Hall–Kier alpha value is -5.32. The van der Waals surface area contributed by atoms with E-state index in [0.717, 1.165) is 186 Å². The molecule has 17 nitrogen and oxygen atoms in total. The van der Waals surface area contributed by atoms with Gasteiger partial charge in [0, 0.05) is 25.7 Å². The molecule has 580 valence electrons. The molecule has 0 aromatic rings. The summed E-state index contributed by atoms with van der Waals surface area (Å²) in [5.74, 6) is -2.32. The molecule has 5 atom stereocenters. The molecule has 0 aliphatic carbocycles. The van der Waals surface area contributed by atoms with Gasteiger partial charge in [-0.25, -0.2) is 9.13 Å². The Balaban J connectivity index is 5.44. The van der Waals surface area contributed by atoms with E-state index in [-0.39, 0.29) is 25.7 Å². The second-order valence-electron chi connectivity index (χ2n) is 25.2. The fraction of sp³-hybridized carbons (Fsp3) is 0.639. The normalized spacial score (nSPS) is 14.8. The monoisotopic (exact) mass is 1470 g/mol.